The molecule has 1 unspecified atom stereocenters. The molecule has 4 rings (SSSR count). The third-order valence-corrected chi connectivity index (χ3v) is 5.53. The van der Waals surface area contributed by atoms with E-state index in [9.17, 15) is 9.59 Å². The van der Waals surface area contributed by atoms with Crippen LogP contribution in [0.25, 0.3) is 0 Å². The number of methoxy groups -OCH3 is 1. The Bertz CT molecular complexity index is 914. The van der Waals surface area contributed by atoms with Gasteiger partial charge in [0.2, 0.25) is 5.91 Å². The second kappa shape index (κ2) is 7.58. The molecule has 2 amide bonds. The molecule has 3 heterocycles. The molecule has 1 fully saturated rings. The molecule has 0 saturated carbocycles. The zero-order valence-corrected chi connectivity index (χ0v) is 16.2. The van der Waals surface area contributed by atoms with Gasteiger partial charge in [-0.25, -0.2) is 9.97 Å². The van der Waals surface area contributed by atoms with E-state index < -0.39 is 0 Å². The summed E-state index contributed by atoms with van der Waals surface area (Å²) in [5, 5.41) is 0. The smallest absolute Gasteiger partial charge is 0.254 e. The predicted molar refractivity (Wildman–Crippen MR) is 103 cm³/mol. The lowest BCUT2D eigenvalue weighted by molar-refractivity contribution is -0.129. The quantitative estimate of drug-likeness (QED) is 0.817. The van der Waals surface area contributed by atoms with Crippen molar-refractivity contribution in [3.05, 3.63) is 53.1 Å². The molecule has 0 N–H and O–H groups in total. The second-order valence-corrected chi connectivity index (χ2v) is 7.28. The number of ether oxygens (including phenoxy) is 1. The Morgan fingerprint density at radius 1 is 1.25 bits per heavy atom. The first-order valence-electron chi connectivity index (χ1n) is 9.62. The SMILES string of the molecule is COc1cccc(C(=O)N2CCCC2c2ncc3c(n2)CCN(C(C)=O)C3)c1. The fraction of sp³-hybridized carbons (Fsp3) is 0.429. The molecule has 2 aliphatic rings. The molecule has 7 heteroatoms. The molecule has 1 aromatic carbocycles. The number of hydrogen-bond acceptors (Lipinski definition) is 5. The number of carbonyl (C=O) groups excluding carboxylic acids is 2. The third-order valence-electron chi connectivity index (χ3n) is 5.53. The molecule has 28 heavy (non-hydrogen) atoms. The first-order chi connectivity index (χ1) is 13.6. The van der Waals surface area contributed by atoms with Crippen molar-refractivity contribution < 1.29 is 14.3 Å². The minimum Gasteiger partial charge on any atom is -0.497 e. The maximum atomic E-state index is 13.1. The highest BCUT2D eigenvalue weighted by molar-refractivity contribution is 5.95. The summed E-state index contributed by atoms with van der Waals surface area (Å²) in [6, 6.07) is 7.11. The van der Waals surface area contributed by atoms with Gasteiger partial charge in [0.05, 0.1) is 18.8 Å². The lowest BCUT2D eigenvalue weighted by Crippen LogP contribution is -2.36. The molecule has 0 radical (unpaired) electrons. The minimum absolute atomic E-state index is 0.0227. The Hall–Kier alpha value is -2.96. The van der Waals surface area contributed by atoms with Gasteiger partial charge in [-0.1, -0.05) is 6.07 Å². The normalized spacial score (nSPS) is 18.7. The van der Waals surface area contributed by atoms with Gasteiger partial charge in [0.25, 0.3) is 5.91 Å². The molecule has 0 aliphatic carbocycles. The summed E-state index contributed by atoms with van der Waals surface area (Å²) in [7, 11) is 1.59. The number of rotatable bonds is 3. The molecular formula is C21H24N4O3. The minimum atomic E-state index is -0.116. The van der Waals surface area contributed by atoms with Gasteiger partial charge < -0.3 is 14.5 Å². The van der Waals surface area contributed by atoms with Crippen molar-refractivity contribution in [1.29, 1.82) is 0 Å². The summed E-state index contributed by atoms with van der Waals surface area (Å²) < 4.78 is 5.24. The number of fused-ring (bicyclic) bond motifs is 1. The predicted octanol–water partition coefficient (Wildman–Crippen LogP) is 2.37. The van der Waals surface area contributed by atoms with Crippen molar-refractivity contribution in [2.24, 2.45) is 0 Å². The van der Waals surface area contributed by atoms with Gasteiger partial charge in [-0.15, -0.1) is 0 Å². The van der Waals surface area contributed by atoms with Gasteiger partial charge in [-0.05, 0) is 31.0 Å². The Morgan fingerprint density at radius 3 is 2.89 bits per heavy atom. The van der Waals surface area contributed by atoms with E-state index >= 15 is 0 Å². The number of hydrogen-bond donors (Lipinski definition) is 0. The van der Waals surface area contributed by atoms with Crippen molar-refractivity contribution in [3.63, 3.8) is 0 Å². The Labute approximate surface area is 164 Å². The highest BCUT2D eigenvalue weighted by Gasteiger charge is 2.33. The lowest BCUT2D eigenvalue weighted by atomic mass is 10.1. The van der Waals surface area contributed by atoms with E-state index in [1.165, 1.54) is 0 Å². The van der Waals surface area contributed by atoms with Crippen LogP contribution in [0.4, 0.5) is 0 Å². The van der Waals surface area contributed by atoms with E-state index in [1.54, 1.807) is 25.0 Å². The number of carbonyl (C=O) groups is 2. The van der Waals surface area contributed by atoms with Crippen molar-refractivity contribution in [1.82, 2.24) is 19.8 Å². The fourth-order valence-corrected chi connectivity index (χ4v) is 3.96. The number of aromatic nitrogens is 2. The highest BCUT2D eigenvalue weighted by Crippen LogP contribution is 2.32. The molecule has 1 saturated heterocycles. The second-order valence-electron chi connectivity index (χ2n) is 7.28. The summed E-state index contributed by atoms with van der Waals surface area (Å²) in [6.45, 7) is 3.51. The Kier molecular flexibility index (Phi) is 4.98. The lowest BCUT2D eigenvalue weighted by Gasteiger charge is -2.28. The molecule has 0 bridgehead atoms. The average molecular weight is 380 g/mol. The number of amides is 2. The summed E-state index contributed by atoms with van der Waals surface area (Å²) in [4.78, 5) is 37.7. The largest absolute Gasteiger partial charge is 0.497 e. The average Bonchev–Trinajstić information content (AvgIpc) is 3.22. The monoisotopic (exact) mass is 380 g/mol. The fourth-order valence-electron chi connectivity index (χ4n) is 3.96. The molecular weight excluding hydrogens is 356 g/mol. The molecule has 2 aliphatic heterocycles. The van der Waals surface area contributed by atoms with Crippen molar-refractivity contribution in [3.8, 4) is 5.75 Å². The summed E-state index contributed by atoms with van der Waals surface area (Å²) >= 11 is 0. The van der Waals surface area contributed by atoms with Crippen LogP contribution in [0.2, 0.25) is 0 Å². The zero-order chi connectivity index (χ0) is 19.7. The molecule has 2 aromatic rings. The van der Waals surface area contributed by atoms with Crippen LogP contribution in [-0.2, 0) is 17.8 Å². The van der Waals surface area contributed by atoms with Gasteiger partial charge >= 0.3 is 0 Å². The maximum Gasteiger partial charge on any atom is 0.254 e. The van der Waals surface area contributed by atoms with Crippen LogP contribution in [-0.4, -0.2) is 51.8 Å². The number of benzene rings is 1. The van der Waals surface area contributed by atoms with Crippen molar-refractivity contribution in [2.75, 3.05) is 20.2 Å². The topological polar surface area (TPSA) is 75.6 Å². The van der Waals surface area contributed by atoms with Crippen molar-refractivity contribution in [2.45, 2.75) is 38.8 Å². The van der Waals surface area contributed by atoms with Crippen LogP contribution in [0.5, 0.6) is 5.75 Å². The van der Waals surface area contributed by atoms with Gasteiger partial charge in [0.1, 0.15) is 5.75 Å². The van der Waals surface area contributed by atoms with Crippen LogP contribution in [0.3, 0.4) is 0 Å². The van der Waals surface area contributed by atoms with E-state index in [0.717, 1.165) is 30.5 Å². The first kappa shape index (κ1) is 18.4. The van der Waals surface area contributed by atoms with Crippen LogP contribution in [0.1, 0.15) is 53.2 Å². The van der Waals surface area contributed by atoms with E-state index in [0.29, 0.717) is 36.8 Å². The molecule has 0 spiro atoms. The van der Waals surface area contributed by atoms with E-state index in [4.69, 9.17) is 9.72 Å². The van der Waals surface area contributed by atoms with Crippen LogP contribution in [0.15, 0.2) is 30.5 Å². The van der Waals surface area contributed by atoms with Gasteiger partial charge in [-0.2, -0.15) is 0 Å². The molecule has 146 valence electrons. The Morgan fingerprint density at radius 2 is 2.11 bits per heavy atom. The number of nitrogens with zero attached hydrogens (tertiary/aromatic N) is 4. The molecule has 7 nitrogen and oxygen atoms in total. The summed E-state index contributed by atoms with van der Waals surface area (Å²) in [5.74, 6) is 1.41. The maximum absolute atomic E-state index is 13.1. The van der Waals surface area contributed by atoms with Crippen molar-refractivity contribution >= 4 is 11.8 Å². The van der Waals surface area contributed by atoms with E-state index in [1.807, 2.05) is 29.3 Å². The van der Waals surface area contributed by atoms with Crippen LogP contribution < -0.4 is 4.74 Å². The van der Waals surface area contributed by atoms with Crippen LogP contribution in [0, 0.1) is 0 Å². The molecule has 1 atom stereocenters. The summed E-state index contributed by atoms with van der Waals surface area (Å²) in [5.41, 5.74) is 2.60. The van der Waals surface area contributed by atoms with Gasteiger partial charge in [0, 0.05) is 50.3 Å². The standard InChI is InChI=1S/C21H24N4O3/c1-14(26)24-10-8-18-16(13-24)12-22-20(23-18)19-7-4-9-25(19)21(27)15-5-3-6-17(11-15)28-2/h3,5-6,11-12,19H,4,7-10,13H2,1-2H3. The number of likely N-dealkylation sites (tertiary alicyclic amines) is 1. The Balaban J connectivity index is 1.57. The third kappa shape index (κ3) is 3.44. The molecule has 1 aromatic heterocycles. The van der Waals surface area contributed by atoms with E-state index in [2.05, 4.69) is 4.98 Å². The highest BCUT2D eigenvalue weighted by atomic mass is 16.5. The van der Waals surface area contributed by atoms with Crippen LogP contribution >= 0.6 is 0 Å². The van der Waals surface area contributed by atoms with Gasteiger partial charge in [-0.3, -0.25) is 9.59 Å². The zero-order valence-electron chi connectivity index (χ0n) is 16.2. The van der Waals surface area contributed by atoms with E-state index in [-0.39, 0.29) is 17.9 Å². The van der Waals surface area contributed by atoms with Gasteiger partial charge in [0.15, 0.2) is 5.82 Å². The summed E-state index contributed by atoms with van der Waals surface area (Å²) in [6.07, 6.45) is 4.33. The first-order valence-corrected chi connectivity index (χ1v) is 9.62.